The van der Waals surface area contributed by atoms with Crippen molar-refractivity contribution in [1.29, 1.82) is 0 Å². The van der Waals surface area contributed by atoms with Gasteiger partial charge < -0.3 is 9.84 Å². The maximum atomic E-state index is 14.0. The van der Waals surface area contributed by atoms with Crippen LogP contribution in [0.25, 0.3) is 0 Å². The first-order valence-electron chi connectivity index (χ1n) is 6.33. The van der Waals surface area contributed by atoms with Crippen LogP contribution in [0.3, 0.4) is 0 Å². The van der Waals surface area contributed by atoms with Crippen LogP contribution in [0.4, 0.5) is 4.39 Å². The summed E-state index contributed by atoms with van der Waals surface area (Å²) >= 11 is 0. The summed E-state index contributed by atoms with van der Waals surface area (Å²) in [6.07, 6.45) is 0.531. The lowest BCUT2D eigenvalue weighted by molar-refractivity contribution is 0.0316. The molecule has 0 spiro atoms. The zero-order valence-corrected chi connectivity index (χ0v) is 10.9. The molecule has 0 bridgehead atoms. The number of benzene rings is 1. The fourth-order valence-electron chi connectivity index (χ4n) is 2.44. The van der Waals surface area contributed by atoms with Gasteiger partial charge in [0.1, 0.15) is 0 Å². The number of hydrogen-bond donors (Lipinski definition) is 1. The Morgan fingerprint density at radius 1 is 1.50 bits per heavy atom. The van der Waals surface area contributed by atoms with Crippen molar-refractivity contribution in [3.8, 4) is 5.75 Å². The SMILES string of the molecule is COc1cccc(CN2CCC(O)C(C)C2)c1F. The Kier molecular flexibility index (Phi) is 4.19. The van der Waals surface area contributed by atoms with Crippen molar-refractivity contribution in [3.05, 3.63) is 29.6 Å². The first kappa shape index (κ1) is 13.3. The fraction of sp³-hybridized carbons (Fsp3) is 0.571. The minimum atomic E-state index is -0.279. The molecule has 0 radical (unpaired) electrons. The van der Waals surface area contributed by atoms with Gasteiger partial charge in [-0.15, -0.1) is 0 Å². The third kappa shape index (κ3) is 2.82. The molecule has 4 heteroatoms. The van der Waals surface area contributed by atoms with Gasteiger partial charge in [0.15, 0.2) is 11.6 Å². The van der Waals surface area contributed by atoms with E-state index in [2.05, 4.69) is 4.90 Å². The lowest BCUT2D eigenvalue weighted by atomic mass is 9.96. The second-order valence-electron chi connectivity index (χ2n) is 5.00. The quantitative estimate of drug-likeness (QED) is 0.894. The number of methoxy groups -OCH3 is 1. The van der Waals surface area contributed by atoms with Crippen LogP contribution in [-0.2, 0) is 6.54 Å². The number of halogens is 1. The van der Waals surface area contributed by atoms with Crippen LogP contribution in [0.1, 0.15) is 18.9 Å². The number of nitrogens with zero attached hydrogens (tertiary/aromatic N) is 1. The standard InChI is InChI=1S/C14H20FNO2/c1-10-8-16(7-6-12(10)17)9-11-4-3-5-13(18-2)14(11)15/h3-5,10,12,17H,6-9H2,1-2H3. The molecule has 0 aliphatic carbocycles. The minimum absolute atomic E-state index is 0.226. The number of rotatable bonds is 3. The summed E-state index contributed by atoms with van der Waals surface area (Å²) in [5, 5.41) is 9.68. The third-order valence-electron chi connectivity index (χ3n) is 3.60. The second kappa shape index (κ2) is 5.67. The summed E-state index contributed by atoms with van der Waals surface area (Å²) in [6, 6.07) is 5.22. The van der Waals surface area contributed by atoms with E-state index >= 15 is 0 Å². The molecule has 2 unspecified atom stereocenters. The minimum Gasteiger partial charge on any atom is -0.494 e. The molecule has 1 fully saturated rings. The molecule has 1 N–H and O–H groups in total. The average Bonchev–Trinajstić information content (AvgIpc) is 2.36. The molecule has 100 valence electrons. The Morgan fingerprint density at radius 3 is 2.94 bits per heavy atom. The maximum absolute atomic E-state index is 14.0. The Bertz CT molecular complexity index is 411. The van der Waals surface area contributed by atoms with E-state index in [-0.39, 0.29) is 23.6 Å². The predicted octanol–water partition coefficient (Wildman–Crippen LogP) is 2.04. The van der Waals surface area contributed by atoms with Crippen LogP contribution in [0.15, 0.2) is 18.2 Å². The Labute approximate surface area is 107 Å². The van der Waals surface area contributed by atoms with Gasteiger partial charge >= 0.3 is 0 Å². The van der Waals surface area contributed by atoms with Crippen molar-refractivity contribution in [1.82, 2.24) is 4.90 Å². The molecule has 18 heavy (non-hydrogen) atoms. The molecule has 2 atom stereocenters. The molecule has 0 amide bonds. The molecule has 2 rings (SSSR count). The molecule has 1 heterocycles. The van der Waals surface area contributed by atoms with E-state index < -0.39 is 0 Å². The summed E-state index contributed by atoms with van der Waals surface area (Å²) in [5.74, 6) is 0.254. The Balaban J connectivity index is 2.06. The number of aliphatic hydroxyl groups is 1. The number of aliphatic hydroxyl groups excluding tert-OH is 1. The Morgan fingerprint density at radius 2 is 2.28 bits per heavy atom. The van der Waals surface area contributed by atoms with Crippen molar-refractivity contribution in [2.24, 2.45) is 5.92 Å². The molecule has 1 aliphatic rings. The zero-order chi connectivity index (χ0) is 13.1. The van der Waals surface area contributed by atoms with E-state index in [0.717, 1.165) is 19.5 Å². The van der Waals surface area contributed by atoms with Crippen molar-refractivity contribution in [2.75, 3.05) is 20.2 Å². The van der Waals surface area contributed by atoms with E-state index in [1.807, 2.05) is 6.92 Å². The van der Waals surface area contributed by atoms with Crippen LogP contribution in [-0.4, -0.2) is 36.3 Å². The van der Waals surface area contributed by atoms with E-state index in [0.29, 0.717) is 12.1 Å². The van der Waals surface area contributed by atoms with Gasteiger partial charge in [0.05, 0.1) is 13.2 Å². The van der Waals surface area contributed by atoms with Gasteiger partial charge in [-0.3, -0.25) is 4.90 Å². The smallest absolute Gasteiger partial charge is 0.169 e. The number of likely N-dealkylation sites (tertiary alicyclic amines) is 1. The van der Waals surface area contributed by atoms with E-state index in [9.17, 15) is 9.50 Å². The highest BCUT2D eigenvalue weighted by Gasteiger charge is 2.24. The zero-order valence-electron chi connectivity index (χ0n) is 10.9. The highest BCUT2D eigenvalue weighted by Crippen LogP contribution is 2.23. The maximum Gasteiger partial charge on any atom is 0.169 e. The van der Waals surface area contributed by atoms with Gasteiger partial charge in [-0.1, -0.05) is 19.1 Å². The molecule has 1 aromatic rings. The number of ether oxygens (including phenoxy) is 1. The van der Waals surface area contributed by atoms with Gasteiger partial charge in [-0.25, -0.2) is 4.39 Å². The molecule has 1 aromatic carbocycles. The van der Waals surface area contributed by atoms with Gasteiger partial charge in [-0.2, -0.15) is 0 Å². The molecule has 1 saturated heterocycles. The molecular weight excluding hydrogens is 233 g/mol. The van der Waals surface area contributed by atoms with Gasteiger partial charge in [0.2, 0.25) is 0 Å². The molecule has 0 saturated carbocycles. The van der Waals surface area contributed by atoms with Crippen LogP contribution >= 0.6 is 0 Å². The summed E-state index contributed by atoms with van der Waals surface area (Å²) in [6.45, 7) is 4.21. The molecule has 1 aliphatic heterocycles. The average molecular weight is 253 g/mol. The predicted molar refractivity (Wildman–Crippen MR) is 68.0 cm³/mol. The summed E-state index contributed by atoms with van der Waals surface area (Å²) in [4.78, 5) is 2.18. The lowest BCUT2D eigenvalue weighted by Crippen LogP contribution is -2.41. The highest BCUT2D eigenvalue weighted by atomic mass is 19.1. The van der Waals surface area contributed by atoms with Crippen molar-refractivity contribution >= 4 is 0 Å². The first-order valence-corrected chi connectivity index (χ1v) is 6.33. The second-order valence-corrected chi connectivity index (χ2v) is 5.00. The van der Waals surface area contributed by atoms with Crippen molar-refractivity contribution in [2.45, 2.75) is 26.0 Å². The van der Waals surface area contributed by atoms with Gasteiger partial charge in [0.25, 0.3) is 0 Å². The summed E-state index contributed by atoms with van der Waals surface area (Å²) < 4.78 is 19.0. The molecule has 0 aromatic heterocycles. The largest absolute Gasteiger partial charge is 0.494 e. The monoisotopic (exact) mass is 253 g/mol. The van der Waals surface area contributed by atoms with E-state index in [1.54, 1.807) is 18.2 Å². The van der Waals surface area contributed by atoms with Crippen LogP contribution < -0.4 is 4.74 Å². The first-order chi connectivity index (χ1) is 8.61. The van der Waals surface area contributed by atoms with E-state index in [1.165, 1.54) is 7.11 Å². The topological polar surface area (TPSA) is 32.7 Å². The van der Waals surface area contributed by atoms with Crippen molar-refractivity contribution < 1.29 is 14.2 Å². The molecular formula is C14H20FNO2. The lowest BCUT2D eigenvalue weighted by Gasteiger charge is -2.34. The fourth-order valence-corrected chi connectivity index (χ4v) is 2.44. The summed E-state index contributed by atoms with van der Waals surface area (Å²) in [7, 11) is 1.47. The normalized spacial score (nSPS) is 25.1. The Hall–Kier alpha value is -1.13. The van der Waals surface area contributed by atoms with Crippen LogP contribution in [0.2, 0.25) is 0 Å². The van der Waals surface area contributed by atoms with Gasteiger partial charge in [-0.05, 0) is 18.4 Å². The van der Waals surface area contributed by atoms with Crippen molar-refractivity contribution in [3.63, 3.8) is 0 Å². The molecule has 3 nitrogen and oxygen atoms in total. The summed E-state index contributed by atoms with van der Waals surface area (Å²) in [5.41, 5.74) is 0.651. The van der Waals surface area contributed by atoms with Crippen LogP contribution in [0.5, 0.6) is 5.75 Å². The number of hydrogen-bond acceptors (Lipinski definition) is 3. The van der Waals surface area contributed by atoms with Crippen LogP contribution in [0, 0.1) is 11.7 Å². The third-order valence-corrected chi connectivity index (χ3v) is 3.60. The van der Waals surface area contributed by atoms with Gasteiger partial charge in [0, 0.05) is 25.2 Å². The highest BCUT2D eigenvalue weighted by molar-refractivity contribution is 5.31. The number of piperidine rings is 1. The van der Waals surface area contributed by atoms with E-state index in [4.69, 9.17) is 4.74 Å².